The molecule has 1 heterocycles. The predicted molar refractivity (Wildman–Crippen MR) is 88.7 cm³/mol. The van der Waals surface area contributed by atoms with Gasteiger partial charge in [0.25, 0.3) is 0 Å². The molecule has 1 aromatic heterocycles. The van der Waals surface area contributed by atoms with E-state index in [1.807, 2.05) is 23.5 Å². The maximum atomic E-state index is 5.66. The number of thiophene rings is 1. The van der Waals surface area contributed by atoms with Crippen LogP contribution in [-0.4, -0.2) is 6.61 Å². The highest BCUT2D eigenvalue weighted by Gasteiger charge is 2.02. The zero-order valence-electron chi connectivity index (χ0n) is 12.3. The highest BCUT2D eigenvalue weighted by Crippen LogP contribution is 2.30. The summed E-state index contributed by atoms with van der Waals surface area (Å²) in [6, 6.07) is 12.8. The molecule has 0 atom stereocenters. The fraction of sp³-hybridized carbons (Fsp3) is 0.333. The van der Waals surface area contributed by atoms with Gasteiger partial charge in [0.15, 0.2) is 0 Å². The molecule has 2 heteroatoms. The summed E-state index contributed by atoms with van der Waals surface area (Å²) in [5.41, 5.74) is 1.27. The Morgan fingerprint density at radius 2 is 1.80 bits per heavy atom. The van der Waals surface area contributed by atoms with E-state index in [-0.39, 0.29) is 0 Å². The van der Waals surface area contributed by atoms with Crippen molar-refractivity contribution in [3.63, 3.8) is 0 Å². The summed E-state index contributed by atoms with van der Waals surface area (Å²) in [7, 11) is 0. The molecule has 0 unspecified atom stereocenters. The van der Waals surface area contributed by atoms with Crippen LogP contribution in [0.2, 0.25) is 0 Å². The summed E-state index contributed by atoms with van der Waals surface area (Å²) in [6.45, 7) is 4.99. The molecule has 106 valence electrons. The minimum Gasteiger partial charge on any atom is -0.490 e. The van der Waals surface area contributed by atoms with E-state index in [9.17, 15) is 0 Å². The molecule has 0 spiro atoms. The van der Waals surface area contributed by atoms with Gasteiger partial charge in [0, 0.05) is 9.75 Å². The van der Waals surface area contributed by atoms with Crippen molar-refractivity contribution < 1.29 is 4.74 Å². The van der Waals surface area contributed by atoms with Crippen LogP contribution in [-0.2, 0) is 6.42 Å². The lowest BCUT2D eigenvalue weighted by Gasteiger charge is -2.04. The minimum atomic E-state index is 0.646. The van der Waals surface area contributed by atoms with E-state index < -0.39 is 0 Å². The van der Waals surface area contributed by atoms with Gasteiger partial charge in [-0.15, -0.1) is 11.3 Å². The van der Waals surface area contributed by atoms with E-state index in [0.29, 0.717) is 6.61 Å². The van der Waals surface area contributed by atoms with Crippen LogP contribution in [0.5, 0.6) is 5.75 Å². The molecule has 0 N–H and O–H groups in total. The Bertz CT molecular complexity index is 537. The Morgan fingerprint density at radius 1 is 1.00 bits per heavy atom. The number of benzene rings is 1. The second-order valence-corrected chi connectivity index (χ2v) is 5.90. The number of aryl methyl sites for hydroxylation is 1. The third kappa shape index (κ3) is 4.24. The van der Waals surface area contributed by atoms with E-state index in [4.69, 9.17) is 4.74 Å². The van der Waals surface area contributed by atoms with Gasteiger partial charge < -0.3 is 4.74 Å². The van der Waals surface area contributed by atoms with Crippen molar-refractivity contribution in [3.05, 3.63) is 53.4 Å². The van der Waals surface area contributed by atoms with E-state index in [2.05, 4.69) is 50.3 Å². The fourth-order valence-corrected chi connectivity index (χ4v) is 3.12. The standard InChI is InChI=1S/C18H22OS/c1-3-5-6-14-19-16-10-8-15(9-11-16)18-13-12-17(20-18)7-4-2/h5-6,8-13H,3-4,7,14H2,1-2H3/b6-5+. The van der Waals surface area contributed by atoms with Crippen LogP contribution < -0.4 is 4.74 Å². The lowest BCUT2D eigenvalue weighted by molar-refractivity contribution is 0.362. The molecular formula is C18H22OS. The van der Waals surface area contributed by atoms with E-state index in [0.717, 1.165) is 12.2 Å². The number of ether oxygens (including phenoxy) is 1. The lowest BCUT2D eigenvalue weighted by Crippen LogP contribution is -1.92. The smallest absolute Gasteiger partial charge is 0.119 e. The quantitative estimate of drug-likeness (QED) is 0.592. The van der Waals surface area contributed by atoms with Crippen molar-refractivity contribution in [1.82, 2.24) is 0 Å². The molecule has 1 aromatic carbocycles. The largest absolute Gasteiger partial charge is 0.490 e. The monoisotopic (exact) mass is 286 g/mol. The van der Waals surface area contributed by atoms with Crippen molar-refractivity contribution in [2.75, 3.05) is 6.61 Å². The molecule has 0 saturated heterocycles. The van der Waals surface area contributed by atoms with Gasteiger partial charge in [0.1, 0.15) is 12.4 Å². The van der Waals surface area contributed by atoms with Gasteiger partial charge in [-0.2, -0.15) is 0 Å². The molecule has 0 bridgehead atoms. The molecule has 0 radical (unpaired) electrons. The fourth-order valence-electron chi connectivity index (χ4n) is 2.01. The lowest BCUT2D eigenvalue weighted by atomic mass is 10.2. The van der Waals surface area contributed by atoms with Gasteiger partial charge in [-0.3, -0.25) is 0 Å². The normalized spacial score (nSPS) is 11.1. The molecule has 0 aliphatic carbocycles. The van der Waals surface area contributed by atoms with Crippen molar-refractivity contribution >= 4 is 11.3 Å². The third-order valence-corrected chi connectivity index (χ3v) is 4.24. The maximum Gasteiger partial charge on any atom is 0.119 e. The van der Waals surface area contributed by atoms with E-state index in [1.54, 1.807) is 0 Å². The molecule has 20 heavy (non-hydrogen) atoms. The summed E-state index contributed by atoms with van der Waals surface area (Å²) in [4.78, 5) is 2.80. The molecule has 2 rings (SSSR count). The average molecular weight is 286 g/mol. The van der Waals surface area contributed by atoms with Gasteiger partial charge in [-0.05, 0) is 54.8 Å². The predicted octanol–water partition coefficient (Wildman–Crippen LogP) is 5.71. The van der Waals surface area contributed by atoms with Crippen LogP contribution in [0.25, 0.3) is 10.4 Å². The van der Waals surface area contributed by atoms with Gasteiger partial charge in [0.2, 0.25) is 0 Å². The molecule has 2 aromatic rings. The summed E-state index contributed by atoms with van der Waals surface area (Å²) in [5, 5.41) is 0. The number of hydrogen-bond donors (Lipinski definition) is 0. The van der Waals surface area contributed by atoms with Crippen molar-refractivity contribution in [2.24, 2.45) is 0 Å². The molecule has 0 aliphatic rings. The Morgan fingerprint density at radius 3 is 2.50 bits per heavy atom. The second kappa shape index (κ2) is 7.91. The first-order chi connectivity index (χ1) is 9.83. The van der Waals surface area contributed by atoms with Crippen molar-refractivity contribution in [3.8, 4) is 16.2 Å². The Balaban J connectivity index is 1.98. The molecule has 1 nitrogen and oxygen atoms in total. The van der Waals surface area contributed by atoms with Crippen LogP contribution in [0.3, 0.4) is 0 Å². The summed E-state index contributed by atoms with van der Waals surface area (Å²) in [5.74, 6) is 0.930. The van der Waals surface area contributed by atoms with Crippen LogP contribution >= 0.6 is 11.3 Å². The molecule has 0 aliphatic heterocycles. The first kappa shape index (κ1) is 14.9. The second-order valence-electron chi connectivity index (χ2n) is 4.73. The zero-order valence-corrected chi connectivity index (χ0v) is 13.1. The average Bonchev–Trinajstić information content (AvgIpc) is 2.93. The van der Waals surface area contributed by atoms with Crippen LogP contribution in [0.1, 0.15) is 31.6 Å². The summed E-state index contributed by atoms with van der Waals surface area (Å²) >= 11 is 1.89. The van der Waals surface area contributed by atoms with Gasteiger partial charge in [-0.25, -0.2) is 0 Å². The first-order valence-electron chi connectivity index (χ1n) is 7.30. The topological polar surface area (TPSA) is 9.23 Å². The Kier molecular flexibility index (Phi) is 5.87. The SMILES string of the molecule is CC/C=C/COc1ccc(-c2ccc(CCC)s2)cc1. The highest BCUT2D eigenvalue weighted by atomic mass is 32.1. The number of allylic oxidation sites excluding steroid dienone is 1. The van der Waals surface area contributed by atoms with Crippen LogP contribution in [0.15, 0.2) is 48.6 Å². The number of rotatable bonds is 7. The van der Waals surface area contributed by atoms with Crippen molar-refractivity contribution in [1.29, 1.82) is 0 Å². The molecule has 0 amide bonds. The molecular weight excluding hydrogens is 264 g/mol. The maximum absolute atomic E-state index is 5.66. The molecule has 0 saturated carbocycles. The van der Waals surface area contributed by atoms with Crippen LogP contribution in [0, 0.1) is 0 Å². The van der Waals surface area contributed by atoms with E-state index >= 15 is 0 Å². The number of hydrogen-bond acceptors (Lipinski definition) is 2. The van der Waals surface area contributed by atoms with Gasteiger partial charge >= 0.3 is 0 Å². The van der Waals surface area contributed by atoms with Crippen LogP contribution in [0.4, 0.5) is 0 Å². The Labute approximate surface area is 125 Å². The highest BCUT2D eigenvalue weighted by molar-refractivity contribution is 7.15. The zero-order chi connectivity index (χ0) is 14.2. The minimum absolute atomic E-state index is 0.646. The van der Waals surface area contributed by atoms with E-state index in [1.165, 1.54) is 28.2 Å². The summed E-state index contributed by atoms with van der Waals surface area (Å²) < 4.78 is 5.66. The molecule has 0 fully saturated rings. The van der Waals surface area contributed by atoms with Gasteiger partial charge in [0.05, 0.1) is 0 Å². The first-order valence-corrected chi connectivity index (χ1v) is 8.12. The third-order valence-electron chi connectivity index (χ3n) is 3.05. The summed E-state index contributed by atoms with van der Waals surface area (Å²) in [6.07, 6.45) is 7.62. The Hall–Kier alpha value is -1.54. The van der Waals surface area contributed by atoms with Crippen molar-refractivity contribution in [2.45, 2.75) is 33.1 Å². The van der Waals surface area contributed by atoms with Gasteiger partial charge in [-0.1, -0.05) is 32.4 Å².